The first-order valence-electron chi connectivity index (χ1n) is 6.52. The Morgan fingerprint density at radius 2 is 2.00 bits per heavy atom. The molecule has 112 valence electrons. The summed E-state index contributed by atoms with van der Waals surface area (Å²) in [6.07, 6.45) is 5.14. The Balaban J connectivity index is 2.11. The van der Waals surface area contributed by atoms with E-state index in [1.54, 1.807) is 17.1 Å². The van der Waals surface area contributed by atoms with Crippen molar-refractivity contribution < 1.29 is 9.47 Å². The fourth-order valence-corrected chi connectivity index (χ4v) is 2.00. The summed E-state index contributed by atoms with van der Waals surface area (Å²) in [6.45, 7) is 1.87. The van der Waals surface area contributed by atoms with Crippen LogP contribution in [0.25, 0.3) is 16.9 Å². The van der Waals surface area contributed by atoms with E-state index in [2.05, 4.69) is 25.3 Å². The van der Waals surface area contributed by atoms with Gasteiger partial charge in [0.25, 0.3) is 0 Å². The molecule has 0 atom stereocenters. The molecule has 22 heavy (non-hydrogen) atoms. The smallest absolute Gasteiger partial charge is 0.319 e. The molecule has 3 aromatic heterocycles. The number of aryl methyl sites for hydroxylation is 1. The fraction of sp³-hybridized carbons (Fsp3) is 0.214. The zero-order valence-electron chi connectivity index (χ0n) is 12.4. The highest BCUT2D eigenvalue weighted by atomic mass is 16.5. The van der Waals surface area contributed by atoms with Crippen LogP contribution >= 0.6 is 0 Å². The SMILES string of the molecule is COc1ncc(-c2cc(-n3cccn3)c(C)nn2)c(OC)n1. The first-order valence-corrected chi connectivity index (χ1v) is 6.52. The Kier molecular flexibility index (Phi) is 3.65. The van der Waals surface area contributed by atoms with Crippen LogP contribution in [-0.2, 0) is 0 Å². The van der Waals surface area contributed by atoms with Crippen LogP contribution in [0.1, 0.15) is 5.69 Å². The predicted molar refractivity (Wildman–Crippen MR) is 78.0 cm³/mol. The lowest BCUT2D eigenvalue weighted by atomic mass is 10.2. The van der Waals surface area contributed by atoms with Crippen molar-refractivity contribution in [3.63, 3.8) is 0 Å². The molecule has 0 aliphatic heterocycles. The molecule has 0 bridgehead atoms. The van der Waals surface area contributed by atoms with Crippen molar-refractivity contribution in [2.45, 2.75) is 6.92 Å². The molecule has 0 unspecified atom stereocenters. The molecule has 0 spiro atoms. The molecule has 3 heterocycles. The molecule has 8 nitrogen and oxygen atoms in total. The maximum Gasteiger partial charge on any atom is 0.319 e. The topological polar surface area (TPSA) is 87.8 Å². The molecule has 0 N–H and O–H groups in total. The predicted octanol–water partition coefficient (Wildman–Crippen LogP) is 1.44. The number of ether oxygens (including phenoxy) is 2. The van der Waals surface area contributed by atoms with Gasteiger partial charge in [0, 0.05) is 18.6 Å². The summed E-state index contributed by atoms with van der Waals surface area (Å²) in [7, 11) is 3.03. The Bertz CT molecular complexity index is 788. The third-order valence-corrected chi connectivity index (χ3v) is 3.09. The van der Waals surface area contributed by atoms with E-state index < -0.39 is 0 Å². The highest BCUT2D eigenvalue weighted by Crippen LogP contribution is 2.28. The monoisotopic (exact) mass is 298 g/mol. The van der Waals surface area contributed by atoms with Gasteiger partial charge in [-0.2, -0.15) is 15.2 Å². The highest BCUT2D eigenvalue weighted by Gasteiger charge is 2.14. The summed E-state index contributed by atoms with van der Waals surface area (Å²) in [4.78, 5) is 8.25. The second-order valence-corrected chi connectivity index (χ2v) is 4.43. The summed E-state index contributed by atoms with van der Waals surface area (Å²) >= 11 is 0. The van der Waals surface area contributed by atoms with Crippen molar-refractivity contribution in [3.05, 3.63) is 36.4 Å². The van der Waals surface area contributed by atoms with Crippen molar-refractivity contribution in [1.29, 1.82) is 0 Å². The minimum absolute atomic E-state index is 0.230. The maximum atomic E-state index is 5.28. The molecule has 0 radical (unpaired) electrons. The molecule has 0 saturated heterocycles. The van der Waals surface area contributed by atoms with Crippen molar-refractivity contribution in [1.82, 2.24) is 29.9 Å². The van der Waals surface area contributed by atoms with Gasteiger partial charge in [0.1, 0.15) is 5.69 Å². The maximum absolute atomic E-state index is 5.28. The van der Waals surface area contributed by atoms with Crippen LogP contribution in [0.3, 0.4) is 0 Å². The van der Waals surface area contributed by atoms with Crippen LogP contribution in [0, 0.1) is 6.92 Å². The molecule has 0 aliphatic rings. The van der Waals surface area contributed by atoms with Crippen LogP contribution in [0.15, 0.2) is 30.7 Å². The van der Waals surface area contributed by atoms with Gasteiger partial charge in [0.05, 0.1) is 31.2 Å². The Morgan fingerprint density at radius 3 is 2.68 bits per heavy atom. The molecule has 0 aromatic carbocycles. The van der Waals surface area contributed by atoms with Gasteiger partial charge < -0.3 is 9.47 Å². The Morgan fingerprint density at radius 1 is 1.14 bits per heavy atom. The highest BCUT2D eigenvalue weighted by molar-refractivity contribution is 5.66. The van der Waals surface area contributed by atoms with Gasteiger partial charge in [-0.25, -0.2) is 9.67 Å². The van der Waals surface area contributed by atoms with Crippen LogP contribution in [-0.4, -0.2) is 44.2 Å². The van der Waals surface area contributed by atoms with Crippen molar-refractivity contribution in [2.75, 3.05) is 14.2 Å². The number of aromatic nitrogens is 6. The lowest BCUT2D eigenvalue weighted by molar-refractivity contribution is 0.353. The van der Waals surface area contributed by atoms with Gasteiger partial charge in [-0.1, -0.05) is 0 Å². The van der Waals surface area contributed by atoms with E-state index in [9.17, 15) is 0 Å². The molecule has 8 heteroatoms. The van der Waals surface area contributed by atoms with Crippen LogP contribution in [0.4, 0.5) is 0 Å². The average Bonchev–Trinajstić information content (AvgIpc) is 3.09. The summed E-state index contributed by atoms with van der Waals surface area (Å²) in [6, 6.07) is 3.94. The van der Waals surface area contributed by atoms with E-state index in [1.807, 2.05) is 25.3 Å². The van der Waals surface area contributed by atoms with Crippen molar-refractivity contribution in [3.8, 4) is 28.8 Å². The van der Waals surface area contributed by atoms with E-state index in [4.69, 9.17) is 9.47 Å². The molecule has 0 aliphatic carbocycles. The van der Waals surface area contributed by atoms with E-state index in [0.29, 0.717) is 17.1 Å². The standard InChI is InChI=1S/C14H14N6O2/c1-9-12(20-6-4-5-16-20)7-11(19-18-9)10-8-15-14(22-3)17-13(10)21-2/h4-8H,1-3H3. The quantitative estimate of drug-likeness (QED) is 0.720. The Labute approximate surface area is 126 Å². The van der Waals surface area contributed by atoms with Gasteiger partial charge in [0.2, 0.25) is 5.88 Å². The third-order valence-electron chi connectivity index (χ3n) is 3.09. The largest absolute Gasteiger partial charge is 0.480 e. The molecular formula is C14H14N6O2. The van der Waals surface area contributed by atoms with Gasteiger partial charge in [-0.15, -0.1) is 5.10 Å². The first kappa shape index (κ1) is 13.9. The number of methoxy groups -OCH3 is 2. The first-order chi connectivity index (χ1) is 10.7. The summed E-state index contributed by atoms with van der Waals surface area (Å²) < 4.78 is 12.0. The van der Waals surface area contributed by atoms with Crippen LogP contribution in [0.5, 0.6) is 11.9 Å². The minimum Gasteiger partial charge on any atom is -0.480 e. The van der Waals surface area contributed by atoms with Gasteiger partial charge in [0.15, 0.2) is 0 Å². The average molecular weight is 298 g/mol. The minimum atomic E-state index is 0.230. The molecule has 0 fully saturated rings. The summed E-state index contributed by atoms with van der Waals surface area (Å²) in [5.41, 5.74) is 2.81. The number of hydrogen-bond donors (Lipinski definition) is 0. The lowest BCUT2D eigenvalue weighted by Crippen LogP contribution is -2.04. The normalized spacial score (nSPS) is 10.5. The van der Waals surface area contributed by atoms with Crippen LogP contribution in [0.2, 0.25) is 0 Å². The zero-order chi connectivity index (χ0) is 15.5. The van der Waals surface area contributed by atoms with E-state index in [0.717, 1.165) is 11.4 Å². The summed E-state index contributed by atoms with van der Waals surface area (Å²) in [5.74, 6) is 0.372. The molecule has 0 amide bonds. The molecule has 3 aromatic rings. The van der Waals surface area contributed by atoms with Crippen molar-refractivity contribution in [2.24, 2.45) is 0 Å². The van der Waals surface area contributed by atoms with Gasteiger partial charge in [-0.3, -0.25) is 0 Å². The van der Waals surface area contributed by atoms with Crippen LogP contribution < -0.4 is 9.47 Å². The zero-order valence-corrected chi connectivity index (χ0v) is 12.4. The number of rotatable bonds is 4. The third kappa shape index (κ3) is 2.46. The molecule has 0 saturated carbocycles. The number of nitrogens with zero attached hydrogens (tertiary/aromatic N) is 6. The molecular weight excluding hydrogens is 284 g/mol. The van der Waals surface area contributed by atoms with E-state index >= 15 is 0 Å². The second kappa shape index (κ2) is 5.76. The number of hydrogen-bond acceptors (Lipinski definition) is 7. The van der Waals surface area contributed by atoms with Gasteiger partial charge in [-0.05, 0) is 19.1 Å². The van der Waals surface area contributed by atoms with E-state index in [-0.39, 0.29) is 6.01 Å². The lowest BCUT2D eigenvalue weighted by Gasteiger charge is -2.10. The van der Waals surface area contributed by atoms with Gasteiger partial charge >= 0.3 is 6.01 Å². The summed E-state index contributed by atoms with van der Waals surface area (Å²) in [5, 5.41) is 12.6. The van der Waals surface area contributed by atoms with Crippen molar-refractivity contribution >= 4 is 0 Å². The Hall–Kier alpha value is -3.03. The van der Waals surface area contributed by atoms with E-state index in [1.165, 1.54) is 14.2 Å². The molecule has 3 rings (SSSR count). The fourth-order valence-electron chi connectivity index (χ4n) is 2.00. The second-order valence-electron chi connectivity index (χ2n) is 4.43.